The Labute approximate surface area is 233 Å². The van der Waals surface area contributed by atoms with Crippen LogP contribution in [0.2, 0.25) is 0 Å². The van der Waals surface area contributed by atoms with Gasteiger partial charge in [-0.05, 0) is 33.6 Å². The maximum absolute atomic E-state index is 13.0. The lowest BCUT2D eigenvalue weighted by Gasteiger charge is -2.54. The predicted molar refractivity (Wildman–Crippen MR) is 139 cm³/mol. The van der Waals surface area contributed by atoms with E-state index >= 15 is 0 Å². The second-order valence-corrected chi connectivity index (χ2v) is 11.1. The zero-order valence-corrected chi connectivity index (χ0v) is 23.2. The Kier molecular flexibility index (Phi) is 9.67. The van der Waals surface area contributed by atoms with Crippen molar-refractivity contribution in [3.8, 4) is 0 Å². The van der Waals surface area contributed by atoms with Gasteiger partial charge in [-0.2, -0.15) is 0 Å². The molecule has 2 saturated heterocycles. The number of fused-ring (bicyclic) bond motifs is 1. The normalized spacial score (nSPS) is 39.5. The maximum atomic E-state index is 13.0. The van der Waals surface area contributed by atoms with E-state index in [2.05, 4.69) is 13.2 Å². The second kappa shape index (κ2) is 12.1. The fourth-order valence-corrected chi connectivity index (χ4v) is 4.95. The van der Waals surface area contributed by atoms with Gasteiger partial charge < -0.3 is 49.2 Å². The Morgan fingerprint density at radius 2 is 1.90 bits per heavy atom. The number of aliphatic hydroxyl groups excluding tert-OH is 4. The van der Waals surface area contributed by atoms with Crippen molar-refractivity contribution in [3.05, 3.63) is 48.8 Å². The summed E-state index contributed by atoms with van der Waals surface area (Å²) < 4.78 is 28.0. The molecule has 0 aromatic rings. The Hall–Kier alpha value is -2.58. The number of allylic oxidation sites excluding steroid dienone is 1. The number of hydrogen-bond donors (Lipinski definition) is 5. The van der Waals surface area contributed by atoms with Crippen LogP contribution in [0.3, 0.4) is 0 Å². The van der Waals surface area contributed by atoms with E-state index in [0.717, 1.165) is 6.26 Å². The molecule has 0 aromatic carbocycles. The van der Waals surface area contributed by atoms with E-state index in [-0.39, 0.29) is 17.6 Å². The number of rotatable bonds is 10. The van der Waals surface area contributed by atoms with Crippen LogP contribution in [0.5, 0.6) is 0 Å². The van der Waals surface area contributed by atoms with E-state index in [9.17, 15) is 35.1 Å². The molecule has 3 heterocycles. The molecule has 0 amide bonds. The summed E-state index contributed by atoms with van der Waals surface area (Å²) in [5.41, 5.74) is -2.96. The topological polar surface area (TPSA) is 181 Å². The summed E-state index contributed by atoms with van der Waals surface area (Å²) in [5.74, 6) is -1.47. The largest absolute Gasteiger partial charge is 0.471 e. The van der Waals surface area contributed by atoms with Gasteiger partial charge >= 0.3 is 11.9 Å². The molecule has 2 fully saturated rings. The van der Waals surface area contributed by atoms with Gasteiger partial charge in [0, 0.05) is 17.4 Å². The van der Waals surface area contributed by atoms with Crippen LogP contribution in [0.1, 0.15) is 47.0 Å². The summed E-state index contributed by atoms with van der Waals surface area (Å²) in [6, 6.07) is 0. The molecule has 10 atom stereocenters. The van der Waals surface area contributed by atoms with Crippen molar-refractivity contribution in [2.75, 3.05) is 6.61 Å². The highest BCUT2D eigenvalue weighted by molar-refractivity contribution is 5.92. The first-order valence-electron chi connectivity index (χ1n) is 13.0. The van der Waals surface area contributed by atoms with E-state index in [1.165, 1.54) is 12.2 Å². The quantitative estimate of drug-likeness (QED) is 0.142. The summed E-state index contributed by atoms with van der Waals surface area (Å²) >= 11 is 0. The van der Waals surface area contributed by atoms with E-state index < -0.39 is 78.3 Å². The lowest BCUT2D eigenvalue weighted by atomic mass is 9.57. The van der Waals surface area contributed by atoms with Crippen molar-refractivity contribution in [2.24, 2.45) is 10.8 Å². The van der Waals surface area contributed by atoms with Crippen molar-refractivity contribution in [3.63, 3.8) is 0 Å². The Morgan fingerprint density at radius 3 is 2.50 bits per heavy atom. The molecule has 0 bridgehead atoms. The third-order valence-corrected chi connectivity index (χ3v) is 8.25. The van der Waals surface area contributed by atoms with Crippen LogP contribution in [0.15, 0.2) is 48.8 Å². The molecule has 5 unspecified atom stereocenters. The van der Waals surface area contributed by atoms with Crippen molar-refractivity contribution < 1.29 is 58.8 Å². The Morgan fingerprint density at radius 1 is 1.23 bits per heavy atom. The molecule has 0 aliphatic carbocycles. The molecular formula is C28H40O12. The molecule has 0 aromatic heterocycles. The molecule has 12 nitrogen and oxygen atoms in total. The second-order valence-electron chi connectivity index (χ2n) is 11.1. The summed E-state index contributed by atoms with van der Waals surface area (Å²) in [6.07, 6.45) is -3.65. The van der Waals surface area contributed by atoms with Crippen LogP contribution in [0.25, 0.3) is 0 Å². The number of carbonyl (C=O) groups is 2. The van der Waals surface area contributed by atoms with Gasteiger partial charge in [-0.15, -0.1) is 13.2 Å². The van der Waals surface area contributed by atoms with E-state index in [4.69, 9.17) is 23.7 Å². The number of hydrogen-bond acceptors (Lipinski definition) is 12. The molecule has 3 rings (SSSR count). The Bertz CT molecular complexity index is 1050. The number of cyclic esters (lactones) is 1. The van der Waals surface area contributed by atoms with Crippen molar-refractivity contribution in [1.82, 2.24) is 0 Å². The van der Waals surface area contributed by atoms with Gasteiger partial charge in [0.25, 0.3) is 0 Å². The molecule has 40 heavy (non-hydrogen) atoms. The smallest absolute Gasteiger partial charge is 0.340 e. The van der Waals surface area contributed by atoms with Gasteiger partial charge in [0.1, 0.15) is 24.4 Å². The SMILES string of the molecule is C=CC(C)(O)CC/C=C(\C)C(=O)OC1CC2(C)C(=COC(O[C@@H]3O[C@H](CO)[C@@H](O)[C@@H](O)[C@H]3O)C2(C)C=C)C(=O)O1. The maximum Gasteiger partial charge on any atom is 0.340 e. The monoisotopic (exact) mass is 568 g/mol. The van der Waals surface area contributed by atoms with Crippen LogP contribution in [0.4, 0.5) is 0 Å². The number of aliphatic hydroxyl groups is 5. The molecule has 5 N–H and O–H groups in total. The first kappa shape index (κ1) is 31.9. The first-order chi connectivity index (χ1) is 18.6. The average molecular weight is 569 g/mol. The van der Waals surface area contributed by atoms with Crippen molar-refractivity contribution in [2.45, 2.75) is 95.8 Å². The molecule has 0 radical (unpaired) electrons. The molecule has 0 saturated carbocycles. The molecular weight excluding hydrogens is 528 g/mol. The highest BCUT2D eigenvalue weighted by Crippen LogP contribution is 2.57. The fraction of sp³-hybridized carbons (Fsp3) is 0.643. The zero-order valence-electron chi connectivity index (χ0n) is 23.2. The molecule has 3 aliphatic rings. The third kappa shape index (κ3) is 6.03. The van der Waals surface area contributed by atoms with Crippen LogP contribution < -0.4 is 0 Å². The zero-order chi connectivity index (χ0) is 30.0. The van der Waals surface area contributed by atoms with Gasteiger partial charge in [-0.1, -0.05) is 25.2 Å². The molecule has 224 valence electrons. The highest BCUT2D eigenvalue weighted by Gasteiger charge is 2.61. The van der Waals surface area contributed by atoms with Crippen molar-refractivity contribution in [1.29, 1.82) is 0 Å². The minimum absolute atomic E-state index is 0.00912. The first-order valence-corrected chi connectivity index (χ1v) is 13.0. The fourth-order valence-electron chi connectivity index (χ4n) is 4.95. The number of carbonyl (C=O) groups excluding carboxylic acids is 2. The van der Waals surface area contributed by atoms with E-state index in [1.54, 1.807) is 33.8 Å². The van der Waals surface area contributed by atoms with E-state index in [1.807, 2.05) is 0 Å². The summed E-state index contributed by atoms with van der Waals surface area (Å²) in [5, 5.41) is 50.2. The van der Waals surface area contributed by atoms with Gasteiger partial charge in [-0.3, -0.25) is 0 Å². The minimum Gasteiger partial charge on any atom is -0.471 e. The van der Waals surface area contributed by atoms with Crippen LogP contribution in [0, 0.1) is 10.8 Å². The highest BCUT2D eigenvalue weighted by atomic mass is 16.8. The minimum atomic E-state index is -1.68. The summed E-state index contributed by atoms with van der Waals surface area (Å²) in [4.78, 5) is 25.7. The predicted octanol–water partition coefficient (Wildman–Crippen LogP) is 0.721. The van der Waals surface area contributed by atoms with Crippen molar-refractivity contribution >= 4 is 11.9 Å². The van der Waals surface area contributed by atoms with E-state index in [0.29, 0.717) is 12.8 Å². The van der Waals surface area contributed by atoms with Gasteiger partial charge in [0.2, 0.25) is 12.6 Å². The average Bonchev–Trinajstić information content (AvgIpc) is 2.90. The standard InChI is InChI=1S/C28H40O12/c1-7-26(4,35)11-9-10-15(3)22(33)38-18-12-28(6)16(23(34)39-18)14-36-25(27(28,5)8-2)40-24-21(32)20(31)19(30)17(13-29)37-24/h7-8,10,14,17-21,24-25,29-32,35H,1-2,9,11-13H2,3-6H3/b15-10+/t17-,18?,19-,20-,21-,24+,25?,26?,27?,28?/m1/s1. The third-order valence-electron chi connectivity index (χ3n) is 8.25. The number of ether oxygens (including phenoxy) is 5. The number of esters is 2. The van der Waals surface area contributed by atoms with Crippen LogP contribution in [-0.2, 0) is 33.3 Å². The van der Waals surface area contributed by atoms with Gasteiger partial charge in [0.15, 0.2) is 6.29 Å². The molecule has 3 aliphatic heterocycles. The summed E-state index contributed by atoms with van der Waals surface area (Å²) in [6.45, 7) is 13.4. The van der Waals surface area contributed by atoms with Gasteiger partial charge in [-0.25, -0.2) is 9.59 Å². The molecule has 12 heteroatoms. The van der Waals surface area contributed by atoms with Gasteiger partial charge in [0.05, 0.1) is 29.5 Å². The summed E-state index contributed by atoms with van der Waals surface area (Å²) in [7, 11) is 0. The molecule has 0 spiro atoms. The lowest BCUT2D eigenvalue weighted by Crippen LogP contribution is -2.62. The van der Waals surface area contributed by atoms with Crippen LogP contribution >= 0.6 is 0 Å². The van der Waals surface area contributed by atoms with Crippen LogP contribution in [-0.4, -0.2) is 93.0 Å². The Balaban J connectivity index is 1.79. The lowest BCUT2D eigenvalue weighted by molar-refractivity contribution is -0.352.